The Morgan fingerprint density at radius 1 is 1.10 bits per heavy atom. The molecule has 4 nitrogen and oxygen atoms in total. The molecule has 2 N–H and O–H groups in total. The minimum absolute atomic E-state index is 0.367. The van der Waals surface area contributed by atoms with E-state index in [0.29, 0.717) is 0 Å². The average molecular weight is 285 g/mol. The number of rotatable bonds is 4. The van der Waals surface area contributed by atoms with Crippen molar-refractivity contribution < 1.29 is 4.79 Å². The van der Waals surface area contributed by atoms with Gasteiger partial charge in [0, 0.05) is 10.6 Å². The molecule has 0 aliphatic heterocycles. The smallest absolute Gasteiger partial charge is 0.307 e. The first kappa shape index (κ1) is 14.1. The molecule has 0 fully saturated rings. The Kier molecular flexibility index (Phi) is 5.20. The monoisotopic (exact) mass is 285 g/mol. The topological polar surface area (TPSA) is 53.5 Å². The molecule has 2 aromatic carbocycles. The Labute approximate surface area is 122 Å². The number of benzene rings is 2. The molecule has 0 atom stereocenters. The number of nitrogens with one attached hydrogen (secondary N) is 2. The lowest BCUT2D eigenvalue weighted by atomic mass is 10.2. The molecule has 2 amide bonds. The number of para-hydroxylation sites is 1. The van der Waals surface area contributed by atoms with Gasteiger partial charge in [-0.3, -0.25) is 0 Å². The highest BCUT2D eigenvalue weighted by atomic mass is 32.2. The third-order valence-corrected chi connectivity index (χ3v) is 3.27. The Morgan fingerprint density at radius 3 is 2.45 bits per heavy atom. The lowest BCUT2D eigenvalue weighted by molar-refractivity contribution is 0.252. The summed E-state index contributed by atoms with van der Waals surface area (Å²) < 4.78 is 0. The molecule has 5 heteroatoms. The number of hydrazone groups is 1. The van der Waals surface area contributed by atoms with Gasteiger partial charge in [-0.2, -0.15) is 5.10 Å². The molecule has 0 bridgehead atoms. The van der Waals surface area contributed by atoms with Gasteiger partial charge in [0.15, 0.2) is 0 Å². The third-order valence-electron chi connectivity index (χ3n) is 2.53. The minimum Gasteiger partial charge on any atom is -0.307 e. The number of anilines is 1. The lowest BCUT2D eigenvalue weighted by Gasteiger charge is -2.03. The highest BCUT2D eigenvalue weighted by molar-refractivity contribution is 7.98. The van der Waals surface area contributed by atoms with Crippen LogP contribution in [0.3, 0.4) is 0 Å². The average Bonchev–Trinajstić information content (AvgIpc) is 2.49. The van der Waals surface area contributed by atoms with Gasteiger partial charge >= 0.3 is 6.03 Å². The molecule has 20 heavy (non-hydrogen) atoms. The van der Waals surface area contributed by atoms with Crippen LogP contribution in [0.15, 0.2) is 64.6 Å². The number of carbonyl (C=O) groups excluding carboxylic acids is 1. The van der Waals surface area contributed by atoms with E-state index in [4.69, 9.17) is 0 Å². The predicted molar refractivity (Wildman–Crippen MR) is 84.4 cm³/mol. The van der Waals surface area contributed by atoms with E-state index in [1.54, 1.807) is 18.0 Å². The fourth-order valence-corrected chi connectivity index (χ4v) is 1.94. The van der Waals surface area contributed by atoms with Crippen LogP contribution < -0.4 is 10.7 Å². The van der Waals surface area contributed by atoms with Crippen molar-refractivity contribution in [3.8, 4) is 0 Å². The van der Waals surface area contributed by atoms with E-state index in [1.807, 2.05) is 60.9 Å². The van der Waals surface area contributed by atoms with Crippen molar-refractivity contribution in [3.63, 3.8) is 0 Å². The van der Waals surface area contributed by atoms with Gasteiger partial charge in [0.05, 0.1) is 6.21 Å². The SMILES string of the molecule is CSc1ccc(/C=N/NC(=O)Nc2ccccc2)cc1. The van der Waals surface area contributed by atoms with Crippen molar-refractivity contribution in [1.29, 1.82) is 0 Å². The van der Waals surface area contributed by atoms with Crippen molar-refractivity contribution in [2.75, 3.05) is 11.6 Å². The minimum atomic E-state index is -0.367. The van der Waals surface area contributed by atoms with E-state index >= 15 is 0 Å². The first-order valence-corrected chi connectivity index (χ1v) is 7.29. The van der Waals surface area contributed by atoms with Crippen LogP contribution in [0.2, 0.25) is 0 Å². The number of hydrogen-bond acceptors (Lipinski definition) is 3. The first-order valence-electron chi connectivity index (χ1n) is 6.07. The summed E-state index contributed by atoms with van der Waals surface area (Å²) in [6.07, 6.45) is 3.63. The number of amides is 2. The molecule has 0 radical (unpaired) electrons. The van der Waals surface area contributed by atoms with E-state index < -0.39 is 0 Å². The van der Waals surface area contributed by atoms with Gasteiger partial charge in [0.25, 0.3) is 0 Å². The fraction of sp³-hybridized carbons (Fsp3) is 0.0667. The van der Waals surface area contributed by atoms with Gasteiger partial charge in [0.1, 0.15) is 0 Å². The van der Waals surface area contributed by atoms with Gasteiger partial charge in [-0.25, -0.2) is 10.2 Å². The molecule has 0 aliphatic rings. The molecule has 0 aliphatic carbocycles. The molecule has 2 rings (SSSR count). The summed E-state index contributed by atoms with van der Waals surface area (Å²) in [6.45, 7) is 0. The predicted octanol–water partition coefficient (Wildman–Crippen LogP) is 3.56. The second kappa shape index (κ2) is 7.35. The molecular weight excluding hydrogens is 270 g/mol. The summed E-state index contributed by atoms with van der Waals surface area (Å²) in [5.74, 6) is 0. The quantitative estimate of drug-likeness (QED) is 0.512. The first-order chi connectivity index (χ1) is 9.78. The van der Waals surface area contributed by atoms with E-state index in [2.05, 4.69) is 15.8 Å². The van der Waals surface area contributed by atoms with Gasteiger partial charge in [-0.1, -0.05) is 30.3 Å². The van der Waals surface area contributed by atoms with Crippen molar-refractivity contribution in [2.24, 2.45) is 5.10 Å². The zero-order valence-electron chi connectivity index (χ0n) is 11.0. The van der Waals surface area contributed by atoms with Crippen molar-refractivity contribution in [3.05, 3.63) is 60.2 Å². The third kappa shape index (κ3) is 4.44. The maximum absolute atomic E-state index is 11.6. The number of carbonyl (C=O) groups is 1. The van der Waals surface area contributed by atoms with Crippen LogP contribution in [0.4, 0.5) is 10.5 Å². The number of nitrogens with zero attached hydrogens (tertiary/aromatic N) is 1. The lowest BCUT2D eigenvalue weighted by Crippen LogP contribution is -2.24. The molecule has 0 unspecified atom stereocenters. The molecule has 0 saturated heterocycles. The maximum Gasteiger partial charge on any atom is 0.339 e. The normalized spacial score (nSPS) is 10.4. The van der Waals surface area contributed by atoms with Gasteiger partial charge in [-0.15, -0.1) is 11.8 Å². The van der Waals surface area contributed by atoms with Gasteiger partial charge in [-0.05, 0) is 36.1 Å². The van der Waals surface area contributed by atoms with Crippen LogP contribution in [0, 0.1) is 0 Å². The Hall–Kier alpha value is -2.27. The van der Waals surface area contributed by atoms with Crippen LogP contribution >= 0.6 is 11.8 Å². The molecule has 2 aromatic rings. The molecule has 0 saturated carbocycles. The Balaban J connectivity index is 1.84. The summed E-state index contributed by atoms with van der Waals surface area (Å²) >= 11 is 1.68. The summed E-state index contributed by atoms with van der Waals surface area (Å²) in [5, 5.41) is 6.58. The van der Waals surface area contributed by atoms with E-state index in [9.17, 15) is 4.79 Å². The van der Waals surface area contributed by atoms with E-state index in [-0.39, 0.29) is 6.03 Å². The Morgan fingerprint density at radius 2 is 1.80 bits per heavy atom. The summed E-state index contributed by atoms with van der Waals surface area (Å²) in [4.78, 5) is 12.8. The zero-order valence-corrected chi connectivity index (χ0v) is 11.9. The standard InChI is InChI=1S/C15H15N3OS/c1-20-14-9-7-12(8-10-14)11-16-18-15(19)17-13-5-3-2-4-6-13/h2-11H,1H3,(H2,17,18,19)/b16-11+. The summed E-state index contributed by atoms with van der Waals surface area (Å²) in [5.41, 5.74) is 4.08. The van der Waals surface area contributed by atoms with Crippen molar-refractivity contribution >= 4 is 29.7 Å². The highest BCUT2D eigenvalue weighted by Gasteiger charge is 1.98. The van der Waals surface area contributed by atoms with E-state index in [0.717, 1.165) is 11.3 Å². The molecule has 0 aromatic heterocycles. The number of thioether (sulfide) groups is 1. The van der Waals surface area contributed by atoms with E-state index in [1.165, 1.54) is 4.90 Å². The summed E-state index contributed by atoms with van der Waals surface area (Å²) in [7, 11) is 0. The Bertz CT molecular complexity index is 582. The van der Waals surface area contributed by atoms with Crippen LogP contribution in [-0.4, -0.2) is 18.5 Å². The largest absolute Gasteiger partial charge is 0.339 e. The zero-order chi connectivity index (χ0) is 14.2. The maximum atomic E-state index is 11.6. The van der Waals surface area contributed by atoms with Crippen LogP contribution in [0.1, 0.15) is 5.56 Å². The van der Waals surface area contributed by atoms with Crippen molar-refractivity contribution in [2.45, 2.75) is 4.90 Å². The highest BCUT2D eigenvalue weighted by Crippen LogP contribution is 2.13. The molecular formula is C15H15N3OS. The molecule has 0 heterocycles. The molecule has 102 valence electrons. The van der Waals surface area contributed by atoms with Crippen LogP contribution in [-0.2, 0) is 0 Å². The second-order valence-corrected chi connectivity index (χ2v) is 4.84. The van der Waals surface area contributed by atoms with Gasteiger partial charge < -0.3 is 5.32 Å². The fourth-order valence-electron chi connectivity index (χ4n) is 1.54. The van der Waals surface area contributed by atoms with Crippen LogP contribution in [0.5, 0.6) is 0 Å². The van der Waals surface area contributed by atoms with Crippen molar-refractivity contribution in [1.82, 2.24) is 5.43 Å². The summed E-state index contributed by atoms with van der Waals surface area (Å²) in [6, 6.07) is 16.8. The molecule has 0 spiro atoms. The number of hydrogen-bond donors (Lipinski definition) is 2. The second-order valence-electron chi connectivity index (χ2n) is 3.96. The number of urea groups is 1. The van der Waals surface area contributed by atoms with Crippen LogP contribution in [0.25, 0.3) is 0 Å². The van der Waals surface area contributed by atoms with Gasteiger partial charge in [0.2, 0.25) is 0 Å².